The van der Waals surface area contributed by atoms with Gasteiger partial charge < -0.3 is 13.4 Å². The molecule has 0 N–H and O–H groups in total. The van der Waals surface area contributed by atoms with E-state index in [1.165, 1.54) is 21.8 Å². The van der Waals surface area contributed by atoms with E-state index in [4.69, 9.17) is 18.8 Å². The highest BCUT2D eigenvalue weighted by atomic mass is 16.3. The monoisotopic (exact) mass is 729 g/mol. The quantitative estimate of drug-likeness (QED) is 0.177. The molecule has 0 radical (unpaired) electrons. The van der Waals surface area contributed by atoms with Crippen molar-refractivity contribution in [3.05, 3.63) is 188 Å². The van der Waals surface area contributed by atoms with Crippen LogP contribution in [0.1, 0.15) is 0 Å². The number of rotatable bonds is 5. The first-order valence-electron chi connectivity index (χ1n) is 19.1. The Balaban J connectivity index is 1.05. The van der Waals surface area contributed by atoms with E-state index in [-0.39, 0.29) is 0 Å². The van der Waals surface area contributed by atoms with Crippen LogP contribution in [0.25, 0.3) is 116 Å². The molecule has 0 bridgehead atoms. The van der Waals surface area contributed by atoms with Crippen LogP contribution in [-0.4, -0.2) is 14.5 Å². The van der Waals surface area contributed by atoms with Gasteiger partial charge in [-0.3, -0.25) is 0 Å². The van der Waals surface area contributed by atoms with Gasteiger partial charge in [0.15, 0.2) is 5.82 Å². The van der Waals surface area contributed by atoms with Crippen molar-refractivity contribution in [1.82, 2.24) is 14.5 Å². The maximum atomic E-state index is 6.62. The molecule has 266 valence electrons. The van der Waals surface area contributed by atoms with Gasteiger partial charge in [0.2, 0.25) is 5.71 Å². The lowest BCUT2D eigenvalue weighted by Gasteiger charge is -2.09. The van der Waals surface area contributed by atoms with E-state index in [0.717, 1.165) is 83.1 Å². The Kier molecular flexibility index (Phi) is 6.86. The standard InChI is InChI=1S/C52H31N3O2/c1-4-13-32(14-5-1)36-23-26-39-47(31-36)57-52-49(39)50(33-15-6-2-7-16-33)53-51(54-52)40-20-12-22-46-48(40)42-30-35(25-28-45(42)56-46)34-24-27-44-41(29-34)38-19-10-11-21-43(38)55(44)37-17-8-3-9-18-37/h1-31H. The van der Waals surface area contributed by atoms with Crippen molar-refractivity contribution in [3.8, 4) is 50.6 Å². The molecule has 5 heteroatoms. The van der Waals surface area contributed by atoms with Crippen LogP contribution in [0.2, 0.25) is 0 Å². The average molecular weight is 730 g/mol. The summed E-state index contributed by atoms with van der Waals surface area (Å²) >= 11 is 0. The second-order valence-corrected chi connectivity index (χ2v) is 14.5. The second-order valence-electron chi connectivity index (χ2n) is 14.5. The Labute approximate surface area is 326 Å². The first-order valence-corrected chi connectivity index (χ1v) is 19.1. The number of furan rings is 2. The molecule has 0 aliphatic carbocycles. The highest BCUT2D eigenvalue weighted by Crippen LogP contribution is 2.42. The summed E-state index contributed by atoms with van der Waals surface area (Å²) in [6.07, 6.45) is 0. The Morgan fingerprint density at radius 2 is 1.04 bits per heavy atom. The third-order valence-electron chi connectivity index (χ3n) is 11.2. The Bertz CT molecular complexity index is 3510. The molecule has 0 spiro atoms. The van der Waals surface area contributed by atoms with Crippen LogP contribution in [-0.2, 0) is 0 Å². The van der Waals surface area contributed by atoms with Gasteiger partial charge in [-0.25, -0.2) is 4.98 Å². The van der Waals surface area contributed by atoms with E-state index >= 15 is 0 Å². The Morgan fingerprint density at radius 3 is 1.86 bits per heavy atom. The number of fused-ring (bicyclic) bond motifs is 9. The smallest absolute Gasteiger partial charge is 0.231 e. The van der Waals surface area contributed by atoms with Crippen LogP contribution in [0.15, 0.2) is 197 Å². The lowest BCUT2D eigenvalue weighted by molar-refractivity contribution is 0.653. The average Bonchev–Trinajstić information content (AvgIpc) is 3.95. The van der Waals surface area contributed by atoms with E-state index in [0.29, 0.717) is 11.5 Å². The highest BCUT2D eigenvalue weighted by molar-refractivity contribution is 6.15. The molecule has 12 rings (SSSR count). The van der Waals surface area contributed by atoms with Crippen LogP contribution in [0.5, 0.6) is 0 Å². The summed E-state index contributed by atoms with van der Waals surface area (Å²) in [6.45, 7) is 0. The zero-order valence-corrected chi connectivity index (χ0v) is 30.6. The molecule has 8 aromatic carbocycles. The van der Waals surface area contributed by atoms with E-state index in [1.54, 1.807) is 0 Å². The first kappa shape index (κ1) is 31.6. The molecule has 4 aromatic heterocycles. The third kappa shape index (κ3) is 4.96. The van der Waals surface area contributed by atoms with Gasteiger partial charge in [-0.05, 0) is 82.9 Å². The van der Waals surface area contributed by atoms with Crippen molar-refractivity contribution in [2.75, 3.05) is 0 Å². The topological polar surface area (TPSA) is 57.0 Å². The minimum atomic E-state index is 0.549. The van der Waals surface area contributed by atoms with Gasteiger partial charge >= 0.3 is 0 Å². The predicted octanol–water partition coefficient (Wildman–Crippen LogP) is 14.0. The maximum Gasteiger partial charge on any atom is 0.231 e. The fourth-order valence-corrected chi connectivity index (χ4v) is 8.61. The van der Waals surface area contributed by atoms with E-state index in [2.05, 4.69) is 156 Å². The lowest BCUT2D eigenvalue weighted by atomic mass is 9.99. The number of nitrogens with zero attached hydrogens (tertiary/aromatic N) is 3. The number of aromatic nitrogens is 3. The summed E-state index contributed by atoms with van der Waals surface area (Å²) in [5.41, 5.74) is 13.6. The molecule has 0 unspecified atom stereocenters. The van der Waals surface area contributed by atoms with Gasteiger partial charge in [-0.1, -0.05) is 127 Å². The predicted molar refractivity (Wildman–Crippen MR) is 233 cm³/mol. The van der Waals surface area contributed by atoms with Gasteiger partial charge in [0.1, 0.15) is 16.7 Å². The summed E-state index contributed by atoms with van der Waals surface area (Å²) in [5.74, 6) is 0.581. The van der Waals surface area contributed by atoms with Crippen molar-refractivity contribution in [2.45, 2.75) is 0 Å². The van der Waals surface area contributed by atoms with Gasteiger partial charge in [-0.2, -0.15) is 4.98 Å². The van der Waals surface area contributed by atoms with Gasteiger partial charge in [0, 0.05) is 43.7 Å². The fourth-order valence-electron chi connectivity index (χ4n) is 8.61. The number of para-hydroxylation sites is 2. The zero-order chi connectivity index (χ0) is 37.5. The summed E-state index contributed by atoms with van der Waals surface area (Å²) in [4.78, 5) is 10.5. The molecular formula is C52H31N3O2. The third-order valence-corrected chi connectivity index (χ3v) is 11.2. The number of benzene rings is 8. The zero-order valence-electron chi connectivity index (χ0n) is 30.6. The highest BCUT2D eigenvalue weighted by Gasteiger charge is 2.22. The number of hydrogen-bond donors (Lipinski definition) is 0. The molecule has 0 atom stereocenters. The van der Waals surface area contributed by atoms with Crippen LogP contribution in [0, 0.1) is 0 Å². The van der Waals surface area contributed by atoms with Crippen molar-refractivity contribution in [3.63, 3.8) is 0 Å². The summed E-state index contributed by atoms with van der Waals surface area (Å²) in [6, 6.07) is 65.6. The van der Waals surface area contributed by atoms with E-state index in [1.807, 2.05) is 36.4 Å². The summed E-state index contributed by atoms with van der Waals surface area (Å²) < 4.78 is 15.5. The first-order chi connectivity index (χ1) is 28.2. The molecule has 0 fully saturated rings. The van der Waals surface area contributed by atoms with Crippen LogP contribution in [0.4, 0.5) is 0 Å². The summed E-state index contributed by atoms with van der Waals surface area (Å²) in [5, 5.41) is 6.29. The molecule has 0 aliphatic rings. The van der Waals surface area contributed by atoms with Gasteiger partial charge in [0.25, 0.3) is 0 Å². The minimum absolute atomic E-state index is 0.549. The Morgan fingerprint density at radius 1 is 0.368 bits per heavy atom. The fraction of sp³-hybridized carbons (Fsp3) is 0. The molecule has 0 saturated carbocycles. The molecule has 0 saturated heterocycles. The molecular weight excluding hydrogens is 699 g/mol. The van der Waals surface area contributed by atoms with Crippen molar-refractivity contribution >= 4 is 65.8 Å². The SMILES string of the molecule is c1ccc(-c2ccc3c(c2)oc2nc(-c4cccc5oc6ccc(-c7ccc8c(c7)c7ccccc7n8-c7ccccc7)cc6c45)nc(-c4ccccc4)c23)cc1. The molecule has 0 aliphatic heterocycles. The molecule has 57 heavy (non-hydrogen) atoms. The molecule has 5 nitrogen and oxygen atoms in total. The van der Waals surface area contributed by atoms with Crippen molar-refractivity contribution in [2.24, 2.45) is 0 Å². The van der Waals surface area contributed by atoms with E-state index < -0.39 is 0 Å². The van der Waals surface area contributed by atoms with Crippen LogP contribution in [0.3, 0.4) is 0 Å². The Hall–Kier alpha value is -7.76. The van der Waals surface area contributed by atoms with Crippen molar-refractivity contribution in [1.29, 1.82) is 0 Å². The number of hydrogen-bond acceptors (Lipinski definition) is 4. The molecule has 0 amide bonds. The maximum absolute atomic E-state index is 6.62. The summed E-state index contributed by atoms with van der Waals surface area (Å²) in [7, 11) is 0. The largest absolute Gasteiger partial charge is 0.456 e. The van der Waals surface area contributed by atoms with E-state index in [9.17, 15) is 0 Å². The van der Waals surface area contributed by atoms with Gasteiger partial charge in [-0.15, -0.1) is 0 Å². The normalized spacial score (nSPS) is 11.9. The minimum Gasteiger partial charge on any atom is -0.456 e. The second kappa shape index (κ2) is 12.4. The molecule has 4 heterocycles. The van der Waals surface area contributed by atoms with Crippen molar-refractivity contribution < 1.29 is 8.83 Å². The van der Waals surface area contributed by atoms with Gasteiger partial charge in [0.05, 0.1) is 22.1 Å². The lowest BCUT2D eigenvalue weighted by Crippen LogP contribution is -1.94. The van der Waals surface area contributed by atoms with Crippen LogP contribution < -0.4 is 0 Å². The van der Waals surface area contributed by atoms with Crippen LogP contribution >= 0.6 is 0 Å². The molecule has 12 aromatic rings.